The van der Waals surface area contributed by atoms with Crippen LogP contribution in [0.25, 0.3) is 0 Å². The van der Waals surface area contributed by atoms with E-state index in [1.807, 2.05) is 11.7 Å². The number of thiazole rings is 1. The topological polar surface area (TPSA) is 34.1 Å². The highest BCUT2D eigenvalue weighted by atomic mass is 32.1. The van der Waals surface area contributed by atoms with Crippen molar-refractivity contribution in [2.24, 2.45) is 0 Å². The molecule has 0 saturated heterocycles. The molecule has 0 spiro atoms. The van der Waals surface area contributed by atoms with Crippen LogP contribution >= 0.6 is 11.3 Å². The third-order valence-corrected chi connectivity index (χ3v) is 3.19. The van der Waals surface area contributed by atoms with Gasteiger partial charge in [0.05, 0.1) is 12.1 Å². The summed E-state index contributed by atoms with van der Waals surface area (Å²) in [5.74, 6) is 0. The van der Waals surface area contributed by atoms with E-state index in [-0.39, 0.29) is 0 Å². The smallest absolute Gasteiger partial charge is 0.0794 e. The van der Waals surface area contributed by atoms with Gasteiger partial charge in [-0.1, -0.05) is 24.3 Å². The van der Waals surface area contributed by atoms with Crippen molar-refractivity contribution in [3.05, 3.63) is 52.0 Å². The fourth-order valence-corrected chi connectivity index (χ4v) is 2.22. The van der Waals surface area contributed by atoms with Crippen molar-refractivity contribution in [1.82, 2.24) is 10.3 Å². The molecule has 0 aliphatic rings. The van der Waals surface area contributed by atoms with Gasteiger partial charge in [-0.05, 0) is 11.1 Å². The van der Waals surface area contributed by atoms with Crippen LogP contribution in [0.1, 0.15) is 16.0 Å². The monoisotopic (exact) mass is 248 g/mol. The van der Waals surface area contributed by atoms with Crippen molar-refractivity contribution in [3.63, 3.8) is 0 Å². The molecule has 0 fully saturated rings. The van der Waals surface area contributed by atoms with Gasteiger partial charge in [0.15, 0.2) is 0 Å². The quantitative estimate of drug-likeness (QED) is 0.853. The van der Waals surface area contributed by atoms with Gasteiger partial charge in [0, 0.05) is 31.3 Å². The molecular formula is C13H16N2OS. The van der Waals surface area contributed by atoms with Crippen LogP contribution in [0, 0.1) is 0 Å². The largest absolute Gasteiger partial charge is 0.380 e. The molecule has 0 unspecified atom stereocenters. The Kier molecular flexibility index (Phi) is 4.67. The van der Waals surface area contributed by atoms with Crippen molar-refractivity contribution in [2.45, 2.75) is 19.7 Å². The molecule has 90 valence electrons. The molecule has 2 rings (SSSR count). The first-order valence-electron chi connectivity index (χ1n) is 5.53. The van der Waals surface area contributed by atoms with Crippen molar-refractivity contribution >= 4 is 11.3 Å². The number of benzene rings is 1. The number of ether oxygens (including phenoxy) is 1. The minimum Gasteiger partial charge on any atom is -0.380 e. The van der Waals surface area contributed by atoms with Gasteiger partial charge in [-0.2, -0.15) is 0 Å². The molecule has 1 N–H and O–H groups in total. The Morgan fingerprint density at radius 3 is 2.94 bits per heavy atom. The van der Waals surface area contributed by atoms with Crippen LogP contribution < -0.4 is 5.32 Å². The van der Waals surface area contributed by atoms with Crippen LogP contribution in [-0.2, 0) is 24.4 Å². The lowest BCUT2D eigenvalue weighted by molar-refractivity contribution is 0.185. The first kappa shape index (κ1) is 12.2. The van der Waals surface area contributed by atoms with E-state index < -0.39 is 0 Å². The molecule has 17 heavy (non-hydrogen) atoms. The predicted octanol–water partition coefficient (Wildman–Crippen LogP) is 2.58. The minimum absolute atomic E-state index is 0.669. The highest BCUT2D eigenvalue weighted by molar-refractivity contribution is 7.09. The van der Waals surface area contributed by atoms with E-state index >= 15 is 0 Å². The third-order valence-electron chi connectivity index (χ3n) is 2.41. The zero-order valence-electron chi connectivity index (χ0n) is 9.85. The van der Waals surface area contributed by atoms with Gasteiger partial charge in [0.1, 0.15) is 0 Å². The fourth-order valence-electron chi connectivity index (χ4n) is 1.66. The highest BCUT2D eigenvalue weighted by Gasteiger charge is 1.97. The van der Waals surface area contributed by atoms with Gasteiger partial charge in [-0.3, -0.25) is 4.98 Å². The normalized spacial score (nSPS) is 10.6. The van der Waals surface area contributed by atoms with E-state index in [0.717, 1.165) is 13.1 Å². The summed E-state index contributed by atoms with van der Waals surface area (Å²) in [5, 5.41) is 3.40. The van der Waals surface area contributed by atoms with Crippen LogP contribution in [0.5, 0.6) is 0 Å². The maximum absolute atomic E-state index is 5.12. The van der Waals surface area contributed by atoms with E-state index in [1.54, 1.807) is 18.4 Å². The Labute approximate surface area is 105 Å². The van der Waals surface area contributed by atoms with Gasteiger partial charge in [0.25, 0.3) is 0 Å². The summed E-state index contributed by atoms with van der Waals surface area (Å²) in [6.07, 6.45) is 1.90. The van der Waals surface area contributed by atoms with Gasteiger partial charge < -0.3 is 10.1 Å². The molecule has 0 saturated carbocycles. The third kappa shape index (κ3) is 3.93. The SMILES string of the molecule is COCc1cccc(CNCc2cncs2)c1. The Morgan fingerprint density at radius 1 is 1.29 bits per heavy atom. The second-order valence-electron chi connectivity index (χ2n) is 3.82. The van der Waals surface area contributed by atoms with Crippen molar-refractivity contribution in [3.8, 4) is 0 Å². The summed E-state index contributed by atoms with van der Waals surface area (Å²) >= 11 is 1.68. The molecule has 0 bridgehead atoms. The zero-order valence-corrected chi connectivity index (χ0v) is 10.7. The van der Waals surface area contributed by atoms with Gasteiger partial charge >= 0.3 is 0 Å². The van der Waals surface area contributed by atoms with Crippen LogP contribution in [0.3, 0.4) is 0 Å². The summed E-state index contributed by atoms with van der Waals surface area (Å²) in [6, 6.07) is 8.44. The Bertz CT molecular complexity index is 442. The lowest BCUT2D eigenvalue weighted by atomic mass is 10.1. The summed E-state index contributed by atoms with van der Waals surface area (Å²) < 4.78 is 5.12. The summed E-state index contributed by atoms with van der Waals surface area (Å²) in [7, 11) is 1.72. The van der Waals surface area contributed by atoms with E-state index in [4.69, 9.17) is 4.74 Å². The fraction of sp³-hybridized carbons (Fsp3) is 0.308. The number of rotatable bonds is 6. The van der Waals surface area contributed by atoms with E-state index in [2.05, 4.69) is 34.6 Å². The zero-order chi connectivity index (χ0) is 11.9. The van der Waals surface area contributed by atoms with Crippen molar-refractivity contribution in [1.29, 1.82) is 0 Å². The first-order valence-corrected chi connectivity index (χ1v) is 6.41. The molecule has 0 aliphatic carbocycles. The predicted molar refractivity (Wildman–Crippen MR) is 69.8 cm³/mol. The minimum atomic E-state index is 0.669. The summed E-state index contributed by atoms with van der Waals surface area (Å²) in [6.45, 7) is 2.41. The number of nitrogens with zero attached hydrogens (tertiary/aromatic N) is 1. The maximum Gasteiger partial charge on any atom is 0.0794 e. The van der Waals surface area contributed by atoms with Crippen LogP contribution in [0.2, 0.25) is 0 Å². The Hall–Kier alpha value is -1.23. The van der Waals surface area contributed by atoms with E-state index in [1.165, 1.54) is 16.0 Å². The highest BCUT2D eigenvalue weighted by Crippen LogP contribution is 2.08. The van der Waals surface area contributed by atoms with Gasteiger partial charge in [0.2, 0.25) is 0 Å². The average Bonchev–Trinajstić information content (AvgIpc) is 2.83. The molecule has 1 aromatic heterocycles. The standard InChI is InChI=1S/C13H16N2OS/c1-16-9-12-4-2-3-11(5-12)6-14-7-13-8-15-10-17-13/h2-5,8,10,14H,6-7,9H2,1H3. The molecular weight excluding hydrogens is 232 g/mol. The summed E-state index contributed by atoms with van der Waals surface area (Å²) in [4.78, 5) is 5.31. The van der Waals surface area contributed by atoms with Gasteiger partial charge in [-0.25, -0.2) is 0 Å². The molecule has 2 aromatic rings. The molecule has 3 nitrogen and oxygen atoms in total. The number of methoxy groups -OCH3 is 1. The summed E-state index contributed by atoms with van der Waals surface area (Å²) in [5.41, 5.74) is 4.35. The molecule has 0 amide bonds. The van der Waals surface area contributed by atoms with E-state index in [9.17, 15) is 0 Å². The molecule has 0 radical (unpaired) electrons. The van der Waals surface area contributed by atoms with Crippen LogP contribution in [0.4, 0.5) is 0 Å². The number of hydrogen-bond acceptors (Lipinski definition) is 4. The molecule has 0 atom stereocenters. The second-order valence-corrected chi connectivity index (χ2v) is 4.80. The number of aromatic nitrogens is 1. The van der Waals surface area contributed by atoms with Crippen LogP contribution in [0.15, 0.2) is 36.0 Å². The van der Waals surface area contributed by atoms with E-state index in [0.29, 0.717) is 6.61 Å². The Balaban J connectivity index is 1.84. The Morgan fingerprint density at radius 2 is 2.18 bits per heavy atom. The molecule has 0 aliphatic heterocycles. The molecule has 1 heterocycles. The van der Waals surface area contributed by atoms with Crippen molar-refractivity contribution < 1.29 is 4.74 Å². The van der Waals surface area contributed by atoms with Crippen LogP contribution in [-0.4, -0.2) is 12.1 Å². The average molecular weight is 248 g/mol. The lowest BCUT2D eigenvalue weighted by Crippen LogP contribution is -2.11. The second kappa shape index (κ2) is 6.49. The molecule has 4 heteroatoms. The first-order chi connectivity index (χ1) is 8.38. The lowest BCUT2D eigenvalue weighted by Gasteiger charge is -2.05. The number of nitrogens with one attached hydrogen (secondary N) is 1. The number of hydrogen-bond donors (Lipinski definition) is 1. The maximum atomic E-state index is 5.12. The van der Waals surface area contributed by atoms with Crippen molar-refractivity contribution in [2.75, 3.05) is 7.11 Å². The van der Waals surface area contributed by atoms with Gasteiger partial charge in [-0.15, -0.1) is 11.3 Å². The molecule has 1 aromatic carbocycles.